The van der Waals surface area contributed by atoms with E-state index in [4.69, 9.17) is 15.3 Å². The molecular weight excluding hydrogens is 144 g/mol. The van der Waals surface area contributed by atoms with Gasteiger partial charge in [0.25, 0.3) is 0 Å². The van der Waals surface area contributed by atoms with Crippen LogP contribution in [0.5, 0.6) is 0 Å². The van der Waals surface area contributed by atoms with Gasteiger partial charge >= 0.3 is 0 Å². The third-order valence-electron chi connectivity index (χ3n) is 2.17. The summed E-state index contributed by atoms with van der Waals surface area (Å²) in [5.41, 5.74) is 6.64. The van der Waals surface area contributed by atoms with E-state index in [0.717, 1.165) is 5.71 Å². The monoisotopic (exact) mass is 156 g/mol. The summed E-state index contributed by atoms with van der Waals surface area (Å²) in [6, 6.07) is -0.00769. The number of hydrogen-bond acceptors (Lipinski definition) is 4. The van der Waals surface area contributed by atoms with Gasteiger partial charge in [-0.1, -0.05) is 5.16 Å². The molecule has 0 aromatic rings. The second-order valence-electron chi connectivity index (χ2n) is 3.09. The lowest BCUT2D eigenvalue weighted by atomic mass is 9.97. The molecule has 2 aliphatic heterocycles. The van der Waals surface area contributed by atoms with Gasteiger partial charge in [0.15, 0.2) is 6.10 Å². The normalized spacial score (nSPS) is 37.8. The minimum Gasteiger partial charge on any atom is -0.389 e. The largest absolute Gasteiger partial charge is 0.389 e. The molecule has 0 aromatic carbocycles. The highest BCUT2D eigenvalue weighted by Crippen LogP contribution is 2.25. The highest BCUT2D eigenvalue weighted by Gasteiger charge is 2.40. The van der Waals surface area contributed by atoms with Crippen LogP contribution in [0.25, 0.3) is 0 Å². The summed E-state index contributed by atoms with van der Waals surface area (Å²) in [6.07, 6.45) is 0.135. The topological polar surface area (TPSA) is 56.8 Å². The smallest absolute Gasteiger partial charge is 0.161 e. The molecule has 1 saturated heterocycles. The Hall–Kier alpha value is -0.610. The summed E-state index contributed by atoms with van der Waals surface area (Å²) < 4.78 is 5.23. The van der Waals surface area contributed by atoms with Crippen LogP contribution in [0.1, 0.15) is 6.92 Å². The van der Waals surface area contributed by atoms with Crippen molar-refractivity contribution in [1.29, 1.82) is 0 Å². The lowest BCUT2D eigenvalue weighted by Crippen LogP contribution is -2.34. The maximum Gasteiger partial charge on any atom is 0.161 e. The molecule has 4 heteroatoms. The fourth-order valence-corrected chi connectivity index (χ4v) is 1.53. The van der Waals surface area contributed by atoms with E-state index >= 15 is 0 Å². The van der Waals surface area contributed by atoms with Gasteiger partial charge in [-0.3, -0.25) is 0 Å². The van der Waals surface area contributed by atoms with E-state index in [2.05, 4.69) is 5.16 Å². The predicted octanol–water partition coefficient (Wildman–Crippen LogP) is -0.265. The van der Waals surface area contributed by atoms with Gasteiger partial charge < -0.3 is 15.3 Å². The van der Waals surface area contributed by atoms with Gasteiger partial charge in [0.1, 0.15) is 0 Å². The Labute approximate surface area is 65.3 Å². The molecule has 2 aliphatic rings. The number of hydrogen-bond donors (Lipinski definition) is 1. The summed E-state index contributed by atoms with van der Waals surface area (Å²) >= 11 is 0. The van der Waals surface area contributed by atoms with Crippen molar-refractivity contribution in [1.82, 2.24) is 0 Å². The standard InChI is InChI=1S/C7H12N2O2/c1-4(8)7-5-2-10-3-6(5)11-9-7/h4-6H,2-3,8H2,1H3/t4?,5-,6+/m0/s1. The highest BCUT2D eigenvalue weighted by molar-refractivity contribution is 5.92. The number of ether oxygens (including phenoxy) is 1. The first-order chi connectivity index (χ1) is 5.29. The minimum atomic E-state index is -0.00769. The molecule has 0 amide bonds. The van der Waals surface area contributed by atoms with Crippen LogP contribution < -0.4 is 5.73 Å². The quantitative estimate of drug-likeness (QED) is 0.568. The number of nitrogens with two attached hydrogens (primary N) is 1. The van der Waals surface area contributed by atoms with Crippen molar-refractivity contribution < 1.29 is 9.57 Å². The van der Waals surface area contributed by atoms with Gasteiger partial charge in [-0.25, -0.2) is 0 Å². The Morgan fingerprint density at radius 3 is 3.18 bits per heavy atom. The van der Waals surface area contributed by atoms with Crippen molar-refractivity contribution in [3.05, 3.63) is 0 Å². The van der Waals surface area contributed by atoms with Crippen molar-refractivity contribution in [3.63, 3.8) is 0 Å². The lowest BCUT2D eigenvalue weighted by molar-refractivity contribution is 0.0557. The fraction of sp³-hybridized carbons (Fsp3) is 0.857. The first kappa shape index (κ1) is 7.06. The summed E-state index contributed by atoms with van der Waals surface area (Å²) in [4.78, 5) is 5.13. The van der Waals surface area contributed by atoms with E-state index in [1.54, 1.807) is 0 Å². The van der Waals surface area contributed by atoms with Crippen molar-refractivity contribution in [2.75, 3.05) is 13.2 Å². The third kappa shape index (κ3) is 1.02. The van der Waals surface area contributed by atoms with Crippen molar-refractivity contribution in [3.8, 4) is 0 Å². The minimum absolute atomic E-state index is 0.00769. The molecule has 1 fully saturated rings. The lowest BCUT2D eigenvalue weighted by Gasteiger charge is -2.08. The molecule has 1 unspecified atom stereocenters. The molecule has 2 N–H and O–H groups in total. The average Bonchev–Trinajstić information content (AvgIpc) is 2.41. The van der Waals surface area contributed by atoms with Gasteiger partial charge in [-0.05, 0) is 6.92 Å². The van der Waals surface area contributed by atoms with Crippen LogP contribution in [0.15, 0.2) is 5.16 Å². The number of oxime groups is 1. The van der Waals surface area contributed by atoms with Crippen molar-refractivity contribution in [2.45, 2.75) is 19.1 Å². The zero-order valence-electron chi connectivity index (χ0n) is 6.49. The van der Waals surface area contributed by atoms with Crippen molar-refractivity contribution >= 4 is 5.71 Å². The molecule has 0 radical (unpaired) electrons. The van der Waals surface area contributed by atoms with Crippen LogP contribution >= 0.6 is 0 Å². The Morgan fingerprint density at radius 2 is 2.45 bits per heavy atom. The number of rotatable bonds is 1. The Kier molecular flexibility index (Phi) is 1.58. The van der Waals surface area contributed by atoms with Crippen molar-refractivity contribution in [2.24, 2.45) is 16.8 Å². The molecular formula is C7H12N2O2. The van der Waals surface area contributed by atoms with Crippen LogP contribution in [0.4, 0.5) is 0 Å². The summed E-state index contributed by atoms with van der Waals surface area (Å²) in [7, 11) is 0. The Bertz CT molecular complexity index is 191. The van der Waals surface area contributed by atoms with Gasteiger partial charge in [-0.2, -0.15) is 0 Å². The summed E-state index contributed by atoms with van der Waals surface area (Å²) in [6.45, 7) is 3.29. The van der Waals surface area contributed by atoms with Gasteiger partial charge in [0.2, 0.25) is 0 Å². The zero-order chi connectivity index (χ0) is 7.84. The van der Waals surface area contributed by atoms with E-state index in [0.29, 0.717) is 19.1 Å². The van der Waals surface area contributed by atoms with Gasteiger partial charge in [0.05, 0.1) is 24.8 Å². The maximum atomic E-state index is 5.69. The third-order valence-corrected chi connectivity index (χ3v) is 2.17. The predicted molar refractivity (Wildman–Crippen MR) is 40.3 cm³/mol. The van der Waals surface area contributed by atoms with Crippen LogP contribution in [0.3, 0.4) is 0 Å². The average molecular weight is 156 g/mol. The van der Waals surface area contributed by atoms with Crippen LogP contribution in [0.2, 0.25) is 0 Å². The SMILES string of the molecule is CC(N)C1=NO[C@@H]2COC[C@H]12. The van der Waals surface area contributed by atoms with Crippen LogP contribution in [-0.2, 0) is 9.57 Å². The number of fused-ring (bicyclic) bond motifs is 1. The molecule has 2 heterocycles. The molecule has 11 heavy (non-hydrogen) atoms. The molecule has 0 aliphatic carbocycles. The van der Waals surface area contributed by atoms with E-state index < -0.39 is 0 Å². The summed E-state index contributed by atoms with van der Waals surface area (Å²) in [5.74, 6) is 0.315. The Morgan fingerprint density at radius 1 is 1.64 bits per heavy atom. The molecule has 0 bridgehead atoms. The highest BCUT2D eigenvalue weighted by atomic mass is 16.7. The van der Waals surface area contributed by atoms with E-state index in [1.807, 2.05) is 6.92 Å². The molecule has 3 atom stereocenters. The first-order valence-electron chi connectivity index (χ1n) is 3.86. The number of nitrogens with zero attached hydrogens (tertiary/aromatic N) is 1. The maximum absolute atomic E-state index is 5.69. The molecule has 62 valence electrons. The van der Waals surface area contributed by atoms with E-state index in [-0.39, 0.29) is 12.1 Å². The molecule has 0 spiro atoms. The van der Waals surface area contributed by atoms with Crippen LogP contribution in [-0.4, -0.2) is 31.1 Å². The van der Waals surface area contributed by atoms with Gasteiger partial charge in [-0.15, -0.1) is 0 Å². The van der Waals surface area contributed by atoms with Crippen LogP contribution in [0, 0.1) is 5.92 Å². The first-order valence-corrected chi connectivity index (χ1v) is 3.86. The molecule has 0 saturated carbocycles. The second-order valence-corrected chi connectivity index (χ2v) is 3.09. The summed E-state index contributed by atoms with van der Waals surface area (Å²) in [5, 5.41) is 3.93. The van der Waals surface area contributed by atoms with Gasteiger partial charge in [0, 0.05) is 6.04 Å². The molecule has 4 nitrogen and oxygen atoms in total. The Balaban J connectivity index is 2.12. The van der Waals surface area contributed by atoms with E-state index in [9.17, 15) is 0 Å². The van der Waals surface area contributed by atoms with E-state index in [1.165, 1.54) is 0 Å². The fourth-order valence-electron chi connectivity index (χ4n) is 1.53. The second kappa shape index (κ2) is 2.46. The zero-order valence-corrected chi connectivity index (χ0v) is 6.49. The molecule has 2 rings (SSSR count). The molecule has 0 aromatic heterocycles.